The van der Waals surface area contributed by atoms with Crippen LogP contribution in [0, 0.1) is 12.8 Å². The lowest BCUT2D eigenvalue weighted by molar-refractivity contribution is -0.126. The number of amides is 1. The van der Waals surface area contributed by atoms with Crippen LogP contribution in [0.2, 0.25) is 0 Å². The van der Waals surface area contributed by atoms with Gasteiger partial charge in [-0.05, 0) is 49.4 Å². The van der Waals surface area contributed by atoms with E-state index in [1.165, 1.54) is 22.2 Å². The van der Waals surface area contributed by atoms with Gasteiger partial charge in [0.2, 0.25) is 5.91 Å². The number of aryl methyl sites for hydroxylation is 1. The van der Waals surface area contributed by atoms with E-state index < -0.39 is 0 Å². The summed E-state index contributed by atoms with van der Waals surface area (Å²) in [5.74, 6) is 0.512. The van der Waals surface area contributed by atoms with Gasteiger partial charge in [-0.3, -0.25) is 4.79 Å². The maximum absolute atomic E-state index is 12.9. The molecule has 1 aromatic heterocycles. The molecule has 4 heteroatoms. The maximum atomic E-state index is 12.9. The van der Waals surface area contributed by atoms with Crippen LogP contribution < -0.4 is 5.32 Å². The van der Waals surface area contributed by atoms with Crippen molar-refractivity contribution >= 4 is 27.5 Å². The quantitative estimate of drug-likeness (QED) is 0.660. The first-order valence-corrected chi connectivity index (χ1v) is 10.7. The van der Waals surface area contributed by atoms with Gasteiger partial charge in [-0.1, -0.05) is 49.2 Å². The Kier molecular flexibility index (Phi) is 5.53. The molecular formula is C23H26N2OS. The SMILES string of the molecule is Cc1ccccc1CCNC(=O)C1CCCCC1c1nc2ccccc2s1. The molecule has 1 N–H and O–H groups in total. The summed E-state index contributed by atoms with van der Waals surface area (Å²) in [7, 11) is 0. The van der Waals surface area contributed by atoms with Crippen molar-refractivity contribution in [1.29, 1.82) is 0 Å². The zero-order chi connectivity index (χ0) is 18.6. The molecule has 1 saturated carbocycles. The molecule has 140 valence electrons. The Hall–Kier alpha value is -2.20. The highest BCUT2D eigenvalue weighted by Crippen LogP contribution is 2.40. The zero-order valence-corrected chi connectivity index (χ0v) is 16.6. The fraction of sp³-hybridized carbons (Fsp3) is 0.391. The number of para-hydroxylation sites is 1. The molecule has 2 unspecified atom stereocenters. The molecule has 2 aromatic carbocycles. The van der Waals surface area contributed by atoms with Gasteiger partial charge in [0.15, 0.2) is 0 Å². The number of carbonyl (C=O) groups is 1. The van der Waals surface area contributed by atoms with E-state index in [0.29, 0.717) is 6.54 Å². The van der Waals surface area contributed by atoms with Crippen molar-refractivity contribution in [1.82, 2.24) is 10.3 Å². The molecule has 1 fully saturated rings. The molecule has 0 aliphatic heterocycles. The highest BCUT2D eigenvalue weighted by molar-refractivity contribution is 7.18. The maximum Gasteiger partial charge on any atom is 0.223 e. The number of nitrogens with zero attached hydrogens (tertiary/aromatic N) is 1. The van der Waals surface area contributed by atoms with Crippen molar-refractivity contribution in [3.63, 3.8) is 0 Å². The van der Waals surface area contributed by atoms with Crippen molar-refractivity contribution in [3.8, 4) is 0 Å². The van der Waals surface area contributed by atoms with Crippen molar-refractivity contribution in [2.24, 2.45) is 5.92 Å². The summed E-state index contributed by atoms with van der Waals surface area (Å²) in [6, 6.07) is 16.7. The Morgan fingerprint density at radius 3 is 2.74 bits per heavy atom. The van der Waals surface area contributed by atoms with Crippen LogP contribution in [0.15, 0.2) is 48.5 Å². The van der Waals surface area contributed by atoms with Crippen molar-refractivity contribution in [2.45, 2.75) is 44.9 Å². The minimum Gasteiger partial charge on any atom is -0.356 e. The Bertz CT molecular complexity index is 900. The molecule has 3 aromatic rings. The van der Waals surface area contributed by atoms with Gasteiger partial charge in [0.05, 0.1) is 15.2 Å². The number of carbonyl (C=O) groups excluding carboxylic acids is 1. The molecule has 0 spiro atoms. The van der Waals surface area contributed by atoms with Crippen molar-refractivity contribution in [3.05, 3.63) is 64.7 Å². The summed E-state index contributed by atoms with van der Waals surface area (Å²) in [6.07, 6.45) is 5.24. The van der Waals surface area contributed by atoms with Crippen LogP contribution in [0.5, 0.6) is 0 Å². The first kappa shape index (κ1) is 18.2. The topological polar surface area (TPSA) is 42.0 Å². The Labute approximate surface area is 164 Å². The van der Waals surface area contributed by atoms with Gasteiger partial charge in [0.1, 0.15) is 0 Å². The van der Waals surface area contributed by atoms with E-state index in [1.807, 2.05) is 6.07 Å². The summed E-state index contributed by atoms with van der Waals surface area (Å²) in [5.41, 5.74) is 3.66. The lowest BCUT2D eigenvalue weighted by Crippen LogP contribution is -2.36. The van der Waals surface area contributed by atoms with Gasteiger partial charge in [0.25, 0.3) is 0 Å². The molecule has 3 nitrogen and oxygen atoms in total. The van der Waals surface area contributed by atoms with Gasteiger partial charge < -0.3 is 5.32 Å². The molecule has 4 rings (SSSR count). The fourth-order valence-corrected chi connectivity index (χ4v) is 5.30. The van der Waals surface area contributed by atoms with Gasteiger partial charge in [-0.25, -0.2) is 4.98 Å². The number of hydrogen-bond donors (Lipinski definition) is 1. The Morgan fingerprint density at radius 1 is 1.11 bits per heavy atom. The molecule has 0 bridgehead atoms. The highest BCUT2D eigenvalue weighted by atomic mass is 32.1. The third kappa shape index (κ3) is 4.06. The largest absolute Gasteiger partial charge is 0.356 e. The van der Waals surface area contributed by atoms with Crippen LogP contribution in [0.25, 0.3) is 10.2 Å². The second kappa shape index (κ2) is 8.22. The monoisotopic (exact) mass is 378 g/mol. The number of nitrogens with one attached hydrogen (secondary N) is 1. The lowest BCUT2D eigenvalue weighted by Gasteiger charge is -2.29. The average molecular weight is 379 g/mol. The minimum absolute atomic E-state index is 0.0520. The Balaban J connectivity index is 1.43. The first-order valence-electron chi connectivity index (χ1n) is 9.90. The van der Waals surface area contributed by atoms with Crippen LogP contribution in [-0.2, 0) is 11.2 Å². The summed E-state index contributed by atoms with van der Waals surface area (Å²) in [6.45, 7) is 2.83. The third-order valence-electron chi connectivity index (χ3n) is 5.69. The molecule has 1 aliphatic carbocycles. The predicted octanol–water partition coefficient (Wildman–Crippen LogP) is 5.24. The molecule has 1 heterocycles. The van der Waals surface area contributed by atoms with E-state index >= 15 is 0 Å². The van der Waals surface area contributed by atoms with E-state index in [-0.39, 0.29) is 17.7 Å². The molecule has 0 saturated heterocycles. The number of thiazole rings is 1. The fourth-order valence-electron chi connectivity index (χ4n) is 4.13. The summed E-state index contributed by atoms with van der Waals surface area (Å²) in [4.78, 5) is 17.8. The van der Waals surface area contributed by atoms with E-state index in [9.17, 15) is 4.79 Å². The van der Waals surface area contributed by atoms with Crippen LogP contribution in [0.1, 0.15) is 47.7 Å². The number of fused-ring (bicyclic) bond motifs is 1. The zero-order valence-electron chi connectivity index (χ0n) is 15.8. The van der Waals surface area contributed by atoms with Crippen molar-refractivity contribution in [2.75, 3.05) is 6.54 Å². The molecule has 2 atom stereocenters. The van der Waals surface area contributed by atoms with Crippen molar-refractivity contribution < 1.29 is 4.79 Å². The van der Waals surface area contributed by atoms with Gasteiger partial charge in [-0.15, -0.1) is 11.3 Å². The second-order valence-electron chi connectivity index (χ2n) is 7.48. The predicted molar refractivity (Wildman–Crippen MR) is 112 cm³/mol. The van der Waals surface area contributed by atoms with Gasteiger partial charge in [-0.2, -0.15) is 0 Å². The minimum atomic E-state index is 0.0520. The van der Waals surface area contributed by atoms with Crippen LogP contribution in [0.3, 0.4) is 0 Å². The molecule has 0 radical (unpaired) electrons. The normalized spacial score (nSPS) is 19.9. The molecule has 27 heavy (non-hydrogen) atoms. The number of rotatable bonds is 5. The first-order chi connectivity index (χ1) is 13.2. The van der Waals surface area contributed by atoms with Gasteiger partial charge in [0, 0.05) is 18.4 Å². The Morgan fingerprint density at radius 2 is 1.89 bits per heavy atom. The molecule has 1 aliphatic rings. The van der Waals surface area contributed by atoms with E-state index in [2.05, 4.69) is 54.7 Å². The van der Waals surface area contributed by atoms with E-state index in [4.69, 9.17) is 4.98 Å². The second-order valence-corrected chi connectivity index (χ2v) is 8.55. The van der Waals surface area contributed by atoms with Crippen LogP contribution >= 0.6 is 11.3 Å². The smallest absolute Gasteiger partial charge is 0.223 e. The third-order valence-corrected chi connectivity index (χ3v) is 6.85. The van der Waals surface area contributed by atoms with Crippen LogP contribution in [-0.4, -0.2) is 17.4 Å². The average Bonchev–Trinajstić information content (AvgIpc) is 3.13. The molecular weight excluding hydrogens is 352 g/mol. The number of hydrogen-bond acceptors (Lipinski definition) is 3. The van der Waals surface area contributed by atoms with E-state index in [1.54, 1.807) is 11.3 Å². The summed E-state index contributed by atoms with van der Waals surface area (Å²) >= 11 is 1.76. The number of aromatic nitrogens is 1. The van der Waals surface area contributed by atoms with Crippen LogP contribution in [0.4, 0.5) is 0 Å². The number of benzene rings is 2. The lowest BCUT2D eigenvalue weighted by atomic mass is 9.79. The molecule has 1 amide bonds. The van der Waals surface area contributed by atoms with Gasteiger partial charge >= 0.3 is 0 Å². The highest BCUT2D eigenvalue weighted by Gasteiger charge is 2.33. The summed E-state index contributed by atoms with van der Waals surface area (Å²) in [5, 5.41) is 4.33. The summed E-state index contributed by atoms with van der Waals surface area (Å²) < 4.78 is 1.22. The van der Waals surface area contributed by atoms with E-state index in [0.717, 1.165) is 36.2 Å². The standard InChI is InChI=1S/C23H26N2OS/c1-16-8-2-3-9-17(16)14-15-24-22(26)18-10-4-5-11-19(18)23-25-20-12-6-7-13-21(20)27-23/h2-3,6-9,12-13,18-19H,4-5,10-11,14-15H2,1H3,(H,24,26).